The van der Waals surface area contributed by atoms with Crippen molar-refractivity contribution in [2.45, 2.75) is 40.4 Å². The lowest BCUT2D eigenvalue weighted by atomic mass is 10.0. The molecular weight excluding hydrogens is 408 g/mol. The highest BCUT2D eigenvalue weighted by atomic mass is 16.6. The van der Waals surface area contributed by atoms with E-state index < -0.39 is 5.97 Å². The second kappa shape index (κ2) is 8.75. The van der Waals surface area contributed by atoms with E-state index in [1.807, 2.05) is 56.3 Å². The summed E-state index contributed by atoms with van der Waals surface area (Å²) in [6.07, 6.45) is -0.255. The number of ether oxygens (including phenoxy) is 2. The van der Waals surface area contributed by atoms with Crippen LogP contribution in [0.25, 0.3) is 22.3 Å². The molecule has 0 bridgehead atoms. The van der Waals surface area contributed by atoms with Crippen LogP contribution in [0.1, 0.15) is 41.3 Å². The molecule has 4 aromatic rings. The lowest BCUT2D eigenvalue weighted by Gasteiger charge is -2.12. The molecule has 0 fully saturated rings. The minimum atomic E-state index is -0.549. The normalized spacial score (nSPS) is 11.2. The first-order valence-corrected chi connectivity index (χ1v) is 10.4. The van der Waals surface area contributed by atoms with Crippen LogP contribution in [0.15, 0.2) is 68.2 Å². The number of carbonyl (C=O) groups excluding carboxylic acids is 1. The van der Waals surface area contributed by atoms with Gasteiger partial charge in [-0.05, 0) is 63.1 Å². The van der Waals surface area contributed by atoms with Crippen molar-refractivity contribution in [2.24, 2.45) is 0 Å². The zero-order valence-corrected chi connectivity index (χ0v) is 18.4. The third-order valence-electron chi connectivity index (χ3n) is 5.07. The molecule has 0 aliphatic carbocycles. The number of carbonyl (C=O) groups is 1. The number of benzene rings is 2. The van der Waals surface area contributed by atoms with Crippen molar-refractivity contribution in [3.05, 3.63) is 87.5 Å². The zero-order chi connectivity index (χ0) is 22.8. The summed E-state index contributed by atoms with van der Waals surface area (Å²) in [7, 11) is 0. The van der Waals surface area contributed by atoms with Gasteiger partial charge in [0.2, 0.25) is 16.9 Å². The Morgan fingerprint density at radius 2 is 1.69 bits per heavy atom. The molecule has 0 saturated heterocycles. The van der Waals surface area contributed by atoms with Crippen LogP contribution in [0.3, 0.4) is 0 Å². The number of aryl methyl sites for hydroxylation is 2. The molecule has 6 heteroatoms. The van der Waals surface area contributed by atoms with Gasteiger partial charge in [-0.2, -0.15) is 0 Å². The molecule has 0 radical (unpaired) electrons. The minimum absolute atomic E-state index is 0.0457. The van der Waals surface area contributed by atoms with Crippen molar-refractivity contribution in [3.63, 3.8) is 0 Å². The predicted octanol–water partition coefficient (Wildman–Crippen LogP) is 5.81. The molecule has 2 aromatic carbocycles. The molecule has 0 spiro atoms. The molecule has 0 aliphatic rings. The topological polar surface area (TPSA) is 78.9 Å². The SMILES string of the molecule is Cc1cc2oc(-c3ccccc3)c(OCc3ccc(C(=O)OC(C)C)o3)c(=O)c2cc1C. The maximum absolute atomic E-state index is 13.4. The Hall–Kier alpha value is -3.80. The van der Waals surface area contributed by atoms with Gasteiger partial charge in [0.15, 0.2) is 5.76 Å². The van der Waals surface area contributed by atoms with Gasteiger partial charge in [-0.1, -0.05) is 30.3 Å². The fourth-order valence-corrected chi connectivity index (χ4v) is 3.32. The van der Waals surface area contributed by atoms with Crippen LogP contribution in [0, 0.1) is 13.8 Å². The van der Waals surface area contributed by atoms with E-state index >= 15 is 0 Å². The van der Waals surface area contributed by atoms with Crippen molar-refractivity contribution < 1.29 is 23.1 Å². The van der Waals surface area contributed by atoms with E-state index in [-0.39, 0.29) is 29.6 Å². The second-order valence-corrected chi connectivity index (χ2v) is 7.90. The summed E-state index contributed by atoms with van der Waals surface area (Å²) >= 11 is 0. The maximum Gasteiger partial charge on any atom is 0.374 e. The molecule has 0 aliphatic heterocycles. The average Bonchev–Trinajstić information content (AvgIpc) is 3.24. The smallest absolute Gasteiger partial charge is 0.374 e. The summed E-state index contributed by atoms with van der Waals surface area (Å²) in [6, 6.07) is 16.1. The van der Waals surface area contributed by atoms with Crippen molar-refractivity contribution in [1.82, 2.24) is 0 Å². The standard InChI is InChI=1S/C26H24O6/c1-15(2)30-26(28)21-11-10-19(31-21)14-29-25-23(27)20-12-16(3)17(4)13-22(20)32-24(25)18-8-6-5-7-9-18/h5-13,15H,14H2,1-4H3. The van der Waals surface area contributed by atoms with E-state index in [1.54, 1.807) is 19.9 Å². The molecule has 4 rings (SSSR count). The van der Waals surface area contributed by atoms with Crippen LogP contribution < -0.4 is 10.2 Å². The fraction of sp³-hybridized carbons (Fsp3) is 0.231. The van der Waals surface area contributed by atoms with Crippen LogP contribution in [-0.2, 0) is 11.3 Å². The summed E-state index contributed by atoms with van der Waals surface area (Å²) in [5, 5.41) is 0.448. The van der Waals surface area contributed by atoms with E-state index in [4.69, 9.17) is 18.3 Å². The Labute approximate surface area is 185 Å². The second-order valence-electron chi connectivity index (χ2n) is 7.90. The van der Waals surface area contributed by atoms with Crippen molar-refractivity contribution in [3.8, 4) is 17.1 Å². The molecule has 2 heterocycles. The van der Waals surface area contributed by atoms with Gasteiger partial charge in [-0.15, -0.1) is 0 Å². The van der Waals surface area contributed by atoms with Crippen LogP contribution in [0.2, 0.25) is 0 Å². The van der Waals surface area contributed by atoms with Crippen LogP contribution in [-0.4, -0.2) is 12.1 Å². The molecular formula is C26H24O6. The molecule has 0 amide bonds. The Balaban J connectivity index is 1.72. The van der Waals surface area contributed by atoms with Gasteiger partial charge in [-0.3, -0.25) is 4.79 Å². The van der Waals surface area contributed by atoms with Gasteiger partial charge in [0, 0.05) is 5.56 Å². The highest BCUT2D eigenvalue weighted by Crippen LogP contribution is 2.32. The average molecular weight is 432 g/mol. The molecule has 0 saturated carbocycles. The Morgan fingerprint density at radius 1 is 0.969 bits per heavy atom. The van der Waals surface area contributed by atoms with E-state index in [9.17, 15) is 9.59 Å². The van der Waals surface area contributed by atoms with Gasteiger partial charge in [0.1, 0.15) is 18.0 Å². The van der Waals surface area contributed by atoms with Gasteiger partial charge in [0.05, 0.1) is 11.5 Å². The maximum atomic E-state index is 13.4. The molecule has 0 atom stereocenters. The van der Waals surface area contributed by atoms with Gasteiger partial charge < -0.3 is 18.3 Å². The number of hydrogen-bond acceptors (Lipinski definition) is 6. The quantitative estimate of drug-likeness (QED) is 0.358. The molecule has 0 unspecified atom stereocenters. The number of hydrogen-bond donors (Lipinski definition) is 0. The minimum Gasteiger partial charge on any atom is -0.478 e. The van der Waals surface area contributed by atoms with E-state index in [2.05, 4.69) is 0 Å². The van der Waals surface area contributed by atoms with E-state index in [0.29, 0.717) is 22.5 Å². The lowest BCUT2D eigenvalue weighted by molar-refractivity contribution is 0.0337. The first-order valence-electron chi connectivity index (χ1n) is 10.4. The largest absolute Gasteiger partial charge is 0.478 e. The number of fused-ring (bicyclic) bond motifs is 1. The number of furan rings is 1. The number of esters is 1. The third-order valence-corrected chi connectivity index (χ3v) is 5.07. The molecule has 32 heavy (non-hydrogen) atoms. The lowest BCUT2D eigenvalue weighted by Crippen LogP contribution is -2.11. The van der Waals surface area contributed by atoms with Crippen molar-refractivity contribution in [2.75, 3.05) is 0 Å². The highest BCUT2D eigenvalue weighted by molar-refractivity contribution is 5.86. The molecule has 0 N–H and O–H groups in total. The summed E-state index contributed by atoms with van der Waals surface area (Å²) in [5.41, 5.74) is 2.98. The summed E-state index contributed by atoms with van der Waals surface area (Å²) in [4.78, 5) is 25.4. The van der Waals surface area contributed by atoms with E-state index in [0.717, 1.165) is 16.7 Å². The monoisotopic (exact) mass is 432 g/mol. The first-order chi connectivity index (χ1) is 15.3. The van der Waals surface area contributed by atoms with Crippen molar-refractivity contribution >= 4 is 16.9 Å². The third kappa shape index (κ3) is 4.30. The molecule has 2 aromatic heterocycles. The summed E-state index contributed by atoms with van der Waals surface area (Å²) < 4.78 is 22.7. The number of rotatable bonds is 6. The molecule has 6 nitrogen and oxygen atoms in total. The first kappa shape index (κ1) is 21.4. The Kier molecular flexibility index (Phi) is 5.86. The van der Waals surface area contributed by atoms with Crippen LogP contribution >= 0.6 is 0 Å². The fourth-order valence-electron chi connectivity index (χ4n) is 3.32. The van der Waals surface area contributed by atoms with Crippen molar-refractivity contribution in [1.29, 1.82) is 0 Å². The van der Waals surface area contributed by atoms with E-state index in [1.165, 1.54) is 6.07 Å². The van der Waals surface area contributed by atoms with Crippen LogP contribution in [0.5, 0.6) is 5.75 Å². The Bertz CT molecular complexity index is 1330. The summed E-state index contributed by atoms with van der Waals surface area (Å²) in [5.74, 6) is 0.357. The zero-order valence-electron chi connectivity index (χ0n) is 18.4. The summed E-state index contributed by atoms with van der Waals surface area (Å²) in [6.45, 7) is 7.40. The predicted molar refractivity (Wildman–Crippen MR) is 121 cm³/mol. The Morgan fingerprint density at radius 3 is 2.41 bits per heavy atom. The van der Waals surface area contributed by atoms with Gasteiger partial charge in [-0.25, -0.2) is 4.79 Å². The van der Waals surface area contributed by atoms with Gasteiger partial charge >= 0.3 is 5.97 Å². The van der Waals surface area contributed by atoms with Crippen LogP contribution in [0.4, 0.5) is 0 Å². The highest BCUT2D eigenvalue weighted by Gasteiger charge is 2.20. The van der Waals surface area contributed by atoms with Gasteiger partial charge in [0.25, 0.3) is 0 Å². The molecule has 164 valence electrons.